The van der Waals surface area contributed by atoms with E-state index in [1.54, 1.807) is 18.1 Å². The number of nitrogens with zero attached hydrogens (tertiary/aromatic N) is 2. The van der Waals surface area contributed by atoms with Gasteiger partial charge in [0.25, 0.3) is 0 Å². The zero-order valence-corrected chi connectivity index (χ0v) is 12.4. The monoisotopic (exact) mass is 290 g/mol. The van der Waals surface area contributed by atoms with E-state index in [-0.39, 0.29) is 12.3 Å². The molecule has 1 aromatic heterocycles. The molecular weight excluding hydrogens is 268 g/mol. The van der Waals surface area contributed by atoms with Crippen LogP contribution in [0, 0.1) is 5.41 Å². The fourth-order valence-electron chi connectivity index (χ4n) is 2.90. The summed E-state index contributed by atoms with van der Waals surface area (Å²) in [5, 5.41) is 9.42. The van der Waals surface area contributed by atoms with E-state index >= 15 is 0 Å². The molecule has 21 heavy (non-hydrogen) atoms. The first-order valence-corrected chi connectivity index (χ1v) is 7.41. The molecule has 0 atom stereocenters. The van der Waals surface area contributed by atoms with E-state index < -0.39 is 11.4 Å². The number of carboxylic acids is 1. The second kappa shape index (κ2) is 6.70. The number of carboxylic acid groups (broad SMARTS) is 1. The van der Waals surface area contributed by atoms with Crippen LogP contribution in [0.3, 0.4) is 0 Å². The Hall–Kier alpha value is -1.91. The molecule has 5 nitrogen and oxygen atoms in total. The summed E-state index contributed by atoms with van der Waals surface area (Å²) >= 11 is 0. The third-order valence-corrected chi connectivity index (χ3v) is 4.36. The number of pyridine rings is 1. The predicted molar refractivity (Wildman–Crippen MR) is 78.7 cm³/mol. The highest BCUT2D eigenvalue weighted by molar-refractivity contribution is 5.85. The largest absolute Gasteiger partial charge is 0.481 e. The van der Waals surface area contributed by atoms with Crippen LogP contribution in [0.15, 0.2) is 24.4 Å². The molecule has 1 amide bonds. The fourth-order valence-corrected chi connectivity index (χ4v) is 2.90. The van der Waals surface area contributed by atoms with Crippen LogP contribution in [0.5, 0.6) is 0 Å². The molecule has 0 unspecified atom stereocenters. The summed E-state index contributed by atoms with van der Waals surface area (Å²) in [5.41, 5.74) is 0.0991. The lowest BCUT2D eigenvalue weighted by Gasteiger charge is -2.26. The van der Waals surface area contributed by atoms with Gasteiger partial charge in [-0.1, -0.05) is 18.9 Å². The number of hydrogen-bond acceptors (Lipinski definition) is 3. The van der Waals surface area contributed by atoms with Crippen molar-refractivity contribution in [3.05, 3.63) is 30.1 Å². The van der Waals surface area contributed by atoms with Gasteiger partial charge in [0, 0.05) is 38.3 Å². The number of carbonyl (C=O) groups excluding carboxylic acids is 1. The lowest BCUT2D eigenvalue weighted by molar-refractivity contribution is -0.153. The molecule has 0 spiro atoms. The van der Waals surface area contributed by atoms with Crippen LogP contribution in [-0.2, 0) is 16.0 Å². The average Bonchev–Trinajstić information content (AvgIpc) is 2.95. The smallest absolute Gasteiger partial charge is 0.310 e. The Balaban J connectivity index is 1.89. The first kappa shape index (κ1) is 15.5. The SMILES string of the molecule is CN(CCc1ccccn1)C(=O)CC1(C(=O)O)CCCC1. The van der Waals surface area contributed by atoms with Gasteiger partial charge in [-0.3, -0.25) is 14.6 Å². The van der Waals surface area contributed by atoms with Gasteiger partial charge in [-0.15, -0.1) is 0 Å². The van der Waals surface area contributed by atoms with Crippen molar-refractivity contribution in [3.8, 4) is 0 Å². The van der Waals surface area contributed by atoms with Gasteiger partial charge in [0.1, 0.15) is 0 Å². The van der Waals surface area contributed by atoms with E-state index in [9.17, 15) is 14.7 Å². The van der Waals surface area contributed by atoms with Crippen LogP contribution in [-0.4, -0.2) is 40.5 Å². The van der Waals surface area contributed by atoms with Gasteiger partial charge in [0.15, 0.2) is 0 Å². The molecule has 1 aliphatic carbocycles. The van der Waals surface area contributed by atoms with E-state index in [1.807, 2.05) is 18.2 Å². The highest BCUT2D eigenvalue weighted by Crippen LogP contribution is 2.41. The Bertz CT molecular complexity index is 496. The summed E-state index contributed by atoms with van der Waals surface area (Å²) in [4.78, 5) is 29.6. The normalized spacial score (nSPS) is 16.6. The Morgan fingerprint density at radius 3 is 2.62 bits per heavy atom. The zero-order valence-electron chi connectivity index (χ0n) is 12.4. The number of rotatable bonds is 6. The van der Waals surface area contributed by atoms with Crippen molar-refractivity contribution in [2.75, 3.05) is 13.6 Å². The van der Waals surface area contributed by atoms with Crippen molar-refractivity contribution in [2.45, 2.75) is 38.5 Å². The van der Waals surface area contributed by atoms with E-state index in [1.165, 1.54) is 0 Å². The highest BCUT2D eigenvalue weighted by Gasteiger charge is 2.43. The van der Waals surface area contributed by atoms with Crippen molar-refractivity contribution in [1.29, 1.82) is 0 Å². The minimum absolute atomic E-state index is 0.0877. The zero-order chi connectivity index (χ0) is 15.3. The first-order valence-electron chi connectivity index (χ1n) is 7.41. The quantitative estimate of drug-likeness (QED) is 0.871. The summed E-state index contributed by atoms with van der Waals surface area (Å²) in [5.74, 6) is -0.915. The van der Waals surface area contributed by atoms with Crippen molar-refractivity contribution in [2.24, 2.45) is 5.41 Å². The summed E-state index contributed by atoms with van der Waals surface area (Å²) in [7, 11) is 1.73. The van der Waals surface area contributed by atoms with Gasteiger partial charge in [0.2, 0.25) is 5.91 Å². The Morgan fingerprint density at radius 2 is 2.05 bits per heavy atom. The molecule has 0 aromatic carbocycles. The molecule has 0 saturated heterocycles. The molecular formula is C16H22N2O3. The molecule has 1 N–H and O–H groups in total. The second-order valence-corrected chi connectivity index (χ2v) is 5.86. The van der Waals surface area contributed by atoms with Gasteiger partial charge < -0.3 is 10.0 Å². The molecule has 114 valence electrons. The maximum Gasteiger partial charge on any atom is 0.310 e. The van der Waals surface area contributed by atoms with Gasteiger partial charge >= 0.3 is 5.97 Å². The summed E-state index contributed by atoms with van der Waals surface area (Å²) < 4.78 is 0. The topological polar surface area (TPSA) is 70.5 Å². The number of aliphatic carboxylic acids is 1. The van der Waals surface area contributed by atoms with Crippen molar-refractivity contribution in [3.63, 3.8) is 0 Å². The van der Waals surface area contributed by atoms with Crippen molar-refractivity contribution >= 4 is 11.9 Å². The van der Waals surface area contributed by atoms with Crippen LogP contribution < -0.4 is 0 Å². The van der Waals surface area contributed by atoms with Gasteiger partial charge in [-0.05, 0) is 25.0 Å². The molecule has 1 fully saturated rings. The Kier molecular flexibility index (Phi) is 4.94. The minimum atomic E-state index is -0.837. The van der Waals surface area contributed by atoms with E-state index in [0.29, 0.717) is 25.8 Å². The van der Waals surface area contributed by atoms with E-state index in [2.05, 4.69) is 4.98 Å². The highest BCUT2D eigenvalue weighted by atomic mass is 16.4. The number of aromatic nitrogens is 1. The van der Waals surface area contributed by atoms with Gasteiger partial charge in [0.05, 0.1) is 5.41 Å². The van der Waals surface area contributed by atoms with Crippen LogP contribution in [0.4, 0.5) is 0 Å². The van der Waals surface area contributed by atoms with E-state index in [0.717, 1.165) is 18.5 Å². The Morgan fingerprint density at radius 1 is 1.33 bits per heavy atom. The molecule has 1 saturated carbocycles. The average molecular weight is 290 g/mol. The number of hydrogen-bond donors (Lipinski definition) is 1. The van der Waals surface area contributed by atoms with E-state index in [4.69, 9.17) is 0 Å². The summed E-state index contributed by atoms with van der Waals surface area (Å²) in [6.07, 6.45) is 5.55. The molecule has 0 bridgehead atoms. The predicted octanol–water partition coefficient (Wildman–Crippen LogP) is 2.12. The molecule has 2 rings (SSSR count). The lowest BCUT2D eigenvalue weighted by atomic mass is 9.82. The van der Waals surface area contributed by atoms with Crippen LogP contribution in [0.2, 0.25) is 0 Å². The minimum Gasteiger partial charge on any atom is -0.481 e. The van der Waals surface area contributed by atoms with Crippen LogP contribution >= 0.6 is 0 Å². The third kappa shape index (κ3) is 3.80. The number of carbonyl (C=O) groups is 2. The maximum atomic E-state index is 12.3. The number of likely N-dealkylation sites (N-methyl/N-ethyl adjacent to an activating group) is 1. The fraction of sp³-hybridized carbons (Fsp3) is 0.562. The lowest BCUT2D eigenvalue weighted by Crippen LogP contribution is -2.37. The Labute approximate surface area is 125 Å². The molecule has 1 heterocycles. The van der Waals surface area contributed by atoms with Crippen molar-refractivity contribution < 1.29 is 14.7 Å². The molecule has 0 aliphatic heterocycles. The summed E-state index contributed by atoms with van der Waals surface area (Å²) in [6.45, 7) is 0.561. The first-order chi connectivity index (χ1) is 10.0. The van der Waals surface area contributed by atoms with Crippen molar-refractivity contribution in [1.82, 2.24) is 9.88 Å². The number of amides is 1. The summed E-state index contributed by atoms with van der Waals surface area (Å²) in [6, 6.07) is 5.70. The molecule has 0 radical (unpaired) electrons. The van der Waals surface area contributed by atoms with Crippen LogP contribution in [0.1, 0.15) is 37.8 Å². The molecule has 5 heteroatoms. The standard InChI is InChI=1S/C16H22N2O3/c1-18(11-7-13-6-2-5-10-17-13)14(19)12-16(15(20)21)8-3-4-9-16/h2,5-6,10H,3-4,7-9,11-12H2,1H3,(H,20,21). The second-order valence-electron chi connectivity index (χ2n) is 5.86. The third-order valence-electron chi connectivity index (χ3n) is 4.36. The van der Waals surface area contributed by atoms with Gasteiger partial charge in [-0.25, -0.2) is 0 Å². The molecule has 1 aromatic rings. The van der Waals surface area contributed by atoms with Crippen LogP contribution in [0.25, 0.3) is 0 Å². The maximum absolute atomic E-state index is 12.3. The molecule has 1 aliphatic rings. The van der Waals surface area contributed by atoms with Gasteiger partial charge in [-0.2, -0.15) is 0 Å².